The van der Waals surface area contributed by atoms with E-state index in [1.807, 2.05) is 13.8 Å². The van der Waals surface area contributed by atoms with E-state index in [-0.39, 0.29) is 10.7 Å². The Kier molecular flexibility index (Phi) is 3.98. The van der Waals surface area contributed by atoms with Gasteiger partial charge in [-0.25, -0.2) is 8.42 Å². The molecule has 0 atom stereocenters. The first-order chi connectivity index (χ1) is 9.47. The molecular formula is C11H18N6O2S. The van der Waals surface area contributed by atoms with Crippen LogP contribution in [-0.2, 0) is 23.0 Å². The van der Waals surface area contributed by atoms with Gasteiger partial charge in [-0.05, 0) is 12.8 Å². The minimum absolute atomic E-state index is 0.0106. The molecule has 2 aromatic rings. The second-order valence-corrected chi connectivity index (χ2v) is 6.02. The SMILES string of the molecule is CCCn1cc(S(=O)(=O)Nc2[nH]ncc2CC)c(N)n1. The molecule has 0 aliphatic rings. The Labute approximate surface area is 117 Å². The maximum absolute atomic E-state index is 12.3. The molecule has 2 heterocycles. The topological polar surface area (TPSA) is 119 Å². The van der Waals surface area contributed by atoms with E-state index in [1.165, 1.54) is 10.9 Å². The molecule has 0 saturated carbocycles. The van der Waals surface area contributed by atoms with Gasteiger partial charge < -0.3 is 5.73 Å². The number of nitrogen functional groups attached to an aromatic ring is 1. The van der Waals surface area contributed by atoms with Crippen LogP contribution >= 0.6 is 0 Å². The van der Waals surface area contributed by atoms with Crippen molar-refractivity contribution < 1.29 is 8.42 Å². The molecule has 0 radical (unpaired) electrons. The molecule has 2 rings (SSSR count). The average Bonchev–Trinajstić information content (AvgIpc) is 2.96. The zero-order valence-electron chi connectivity index (χ0n) is 11.4. The predicted octanol–water partition coefficient (Wildman–Crippen LogP) is 0.962. The normalized spacial score (nSPS) is 11.7. The van der Waals surface area contributed by atoms with Crippen molar-refractivity contribution in [2.45, 2.75) is 38.1 Å². The van der Waals surface area contributed by atoms with Gasteiger partial charge in [-0.3, -0.25) is 14.5 Å². The Balaban J connectivity index is 2.31. The minimum atomic E-state index is -3.77. The molecule has 0 aliphatic carbocycles. The molecule has 110 valence electrons. The fourth-order valence-electron chi connectivity index (χ4n) is 1.83. The molecule has 0 amide bonds. The van der Waals surface area contributed by atoms with Crippen LogP contribution < -0.4 is 10.5 Å². The summed E-state index contributed by atoms with van der Waals surface area (Å²) in [5.74, 6) is 0.346. The van der Waals surface area contributed by atoms with Gasteiger partial charge in [0.15, 0.2) is 5.82 Å². The number of sulfonamides is 1. The highest BCUT2D eigenvalue weighted by Crippen LogP contribution is 2.21. The van der Waals surface area contributed by atoms with E-state index in [9.17, 15) is 8.42 Å². The summed E-state index contributed by atoms with van der Waals surface area (Å²) in [7, 11) is -3.77. The highest BCUT2D eigenvalue weighted by atomic mass is 32.2. The number of rotatable bonds is 6. The quantitative estimate of drug-likeness (QED) is 0.734. The molecule has 0 aromatic carbocycles. The van der Waals surface area contributed by atoms with E-state index in [1.54, 1.807) is 6.20 Å². The maximum Gasteiger partial charge on any atom is 0.268 e. The first-order valence-corrected chi connectivity index (χ1v) is 7.84. The van der Waals surface area contributed by atoms with Crippen LogP contribution in [0, 0.1) is 0 Å². The molecular weight excluding hydrogens is 280 g/mol. The number of nitrogens with one attached hydrogen (secondary N) is 2. The first-order valence-electron chi connectivity index (χ1n) is 6.36. The van der Waals surface area contributed by atoms with Crippen LogP contribution in [0.4, 0.5) is 11.6 Å². The van der Waals surface area contributed by atoms with Gasteiger partial charge in [-0.15, -0.1) is 0 Å². The fourth-order valence-corrected chi connectivity index (χ4v) is 2.96. The number of hydrogen-bond donors (Lipinski definition) is 3. The summed E-state index contributed by atoms with van der Waals surface area (Å²) in [5.41, 5.74) is 6.47. The zero-order chi connectivity index (χ0) is 14.8. The number of aromatic amines is 1. The lowest BCUT2D eigenvalue weighted by molar-refractivity contribution is 0.595. The van der Waals surface area contributed by atoms with Crippen LogP contribution in [-0.4, -0.2) is 28.4 Å². The third kappa shape index (κ3) is 2.77. The molecule has 0 unspecified atom stereocenters. The first kappa shape index (κ1) is 14.4. The van der Waals surface area contributed by atoms with Gasteiger partial charge in [-0.2, -0.15) is 10.2 Å². The van der Waals surface area contributed by atoms with Gasteiger partial charge in [0, 0.05) is 18.3 Å². The average molecular weight is 298 g/mol. The van der Waals surface area contributed by atoms with E-state index in [0.29, 0.717) is 18.8 Å². The standard InChI is InChI=1S/C11H18N6O2S/c1-3-5-17-7-9(10(12)15-17)20(18,19)16-11-8(4-2)6-13-14-11/h6-7H,3-5H2,1-2H3,(H2,12,15)(H2,13,14,16). The van der Waals surface area contributed by atoms with Crippen molar-refractivity contribution in [2.75, 3.05) is 10.5 Å². The molecule has 0 fully saturated rings. The van der Waals surface area contributed by atoms with E-state index < -0.39 is 10.0 Å². The van der Waals surface area contributed by atoms with E-state index in [4.69, 9.17) is 5.73 Å². The largest absolute Gasteiger partial charge is 0.381 e. The van der Waals surface area contributed by atoms with Crippen LogP contribution in [0.1, 0.15) is 25.8 Å². The van der Waals surface area contributed by atoms with Gasteiger partial charge in [0.05, 0.1) is 6.20 Å². The number of aryl methyl sites for hydroxylation is 2. The Bertz CT molecular complexity index is 688. The van der Waals surface area contributed by atoms with Crippen molar-refractivity contribution in [3.05, 3.63) is 18.0 Å². The summed E-state index contributed by atoms with van der Waals surface area (Å²) in [6, 6.07) is 0. The van der Waals surface area contributed by atoms with Crippen molar-refractivity contribution in [1.29, 1.82) is 0 Å². The number of nitrogens with two attached hydrogens (primary N) is 1. The third-order valence-corrected chi connectivity index (χ3v) is 4.20. The second-order valence-electron chi connectivity index (χ2n) is 4.37. The molecule has 9 heteroatoms. The predicted molar refractivity (Wildman–Crippen MR) is 75.7 cm³/mol. The van der Waals surface area contributed by atoms with Crippen molar-refractivity contribution in [3.63, 3.8) is 0 Å². The van der Waals surface area contributed by atoms with E-state index in [2.05, 4.69) is 20.0 Å². The van der Waals surface area contributed by atoms with Crippen molar-refractivity contribution in [1.82, 2.24) is 20.0 Å². The van der Waals surface area contributed by atoms with E-state index >= 15 is 0 Å². The fraction of sp³-hybridized carbons (Fsp3) is 0.455. The van der Waals surface area contributed by atoms with Crippen molar-refractivity contribution >= 4 is 21.7 Å². The Morgan fingerprint density at radius 2 is 2.20 bits per heavy atom. The number of anilines is 2. The zero-order valence-corrected chi connectivity index (χ0v) is 12.2. The Morgan fingerprint density at radius 3 is 2.85 bits per heavy atom. The summed E-state index contributed by atoms with van der Waals surface area (Å²) in [6.07, 6.45) is 4.53. The highest BCUT2D eigenvalue weighted by Gasteiger charge is 2.22. The summed E-state index contributed by atoms with van der Waals surface area (Å²) >= 11 is 0. The number of H-pyrrole nitrogens is 1. The number of hydrogen-bond acceptors (Lipinski definition) is 5. The lowest BCUT2D eigenvalue weighted by Crippen LogP contribution is -2.15. The van der Waals surface area contributed by atoms with Gasteiger partial charge in [0.25, 0.3) is 10.0 Å². The Morgan fingerprint density at radius 1 is 1.45 bits per heavy atom. The molecule has 8 nitrogen and oxygen atoms in total. The van der Waals surface area contributed by atoms with Crippen LogP contribution in [0.5, 0.6) is 0 Å². The third-order valence-electron chi connectivity index (χ3n) is 2.83. The summed E-state index contributed by atoms with van der Waals surface area (Å²) in [5, 5.41) is 10.4. The summed E-state index contributed by atoms with van der Waals surface area (Å²) < 4.78 is 28.6. The lowest BCUT2D eigenvalue weighted by Gasteiger charge is -2.06. The van der Waals surface area contributed by atoms with Gasteiger partial charge in [0.2, 0.25) is 0 Å². The smallest absolute Gasteiger partial charge is 0.268 e. The van der Waals surface area contributed by atoms with E-state index in [0.717, 1.165) is 12.0 Å². The molecule has 20 heavy (non-hydrogen) atoms. The maximum atomic E-state index is 12.3. The second kappa shape index (κ2) is 5.53. The summed E-state index contributed by atoms with van der Waals surface area (Å²) in [4.78, 5) is -0.0254. The molecule has 0 bridgehead atoms. The van der Waals surface area contributed by atoms with Crippen molar-refractivity contribution in [3.8, 4) is 0 Å². The molecule has 2 aromatic heterocycles. The number of aromatic nitrogens is 4. The molecule has 0 spiro atoms. The molecule has 4 N–H and O–H groups in total. The van der Waals surface area contributed by atoms with Crippen LogP contribution in [0.2, 0.25) is 0 Å². The molecule has 0 aliphatic heterocycles. The van der Waals surface area contributed by atoms with Crippen LogP contribution in [0.15, 0.2) is 17.3 Å². The van der Waals surface area contributed by atoms with Gasteiger partial charge in [-0.1, -0.05) is 13.8 Å². The van der Waals surface area contributed by atoms with Gasteiger partial charge >= 0.3 is 0 Å². The lowest BCUT2D eigenvalue weighted by atomic mass is 10.3. The van der Waals surface area contributed by atoms with Gasteiger partial charge in [0.1, 0.15) is 10.7 Å². The van der Waals surface area contributed by atoms with Crippen LogP contribution in [0.3, 0.4) is 0 Å². The highest BCUT2D eigenvalue weighted by molar-refractivity contribution is 7.92. The summed E-state index contributed by atoms with van der Waals surface area (Å²) in [6.45, 7) is 4.50. The van der Waals surface area contributed by atoms with Crippen molar-refractivity contribution in [2.24, 2.45) is 0 Å². The minimum Gasteiger partial charge on any atom is -0.381 e. The monoisotopic (exact) mass is 298 g/mol. The Hall–Kier alpha value is -2.03. The van der Waals surface area contributed by atoms with Crippen LogP contribution in [0.25, 0.3) is 0 Å². The number of nitrogens with zero attached hydrogens (tertiary/aromatic N) is 3. The molecule has 0 saturated heterocycles.